The second kappa shape index (κ2) is 3.24. The van der Waals surface area contributed by atoms with E-state index in [0.29, 0.717) is 5.39 Å². The van der Waals surface area contributed by atoms with E-state index < -0.39 is 17.5 Å². The van der Waals surface area contributed by atoms with Crippen molar-refractivity contribution in [3.05, 3.63) is 41.7 Å². The molecular formula is C11H6FO3-. The number of fused-ring (bicyclic) bond motifs is 1. The molecule has 3 nitrogen and oxygen atoms in total. The van der Waals surface area contributed by atoms with Crippen molar-refractivity contribution in [3.8, 4) is 5.75 Å². The fraction of sp³-hybridized carbons (Fsp3) is 0. The number of hydrogen-bond donors (Lipinski definition) is 1. The summed E-state index contributed by atoms with van der Waals surface area (Å²) in [5.74, 6) is -2.32. The van der Waals surface area contributed by atoms with Crippen LogP contribution < -0.4 is 5.11 Å². The molecule has 0 fully saturated rings. The Labute approximate surface area is 84.4 Å². The minimum Gasteiger partial charge on any atom is -0.872 e. The molecule has 0 aromatic heterocycles. The summed E-state index contributed by atoms with van der Waals surface area (Å²) in [6.45, 7) is 0. The molecule has 1 N–H and O–H groups in total. The third-order valence-corrected chi connectivity index (χ3v) is 2.16. The fourth-order valence-electron chi connectivity index (χ4n) is 1.50. The molecule has 0 aliphatic carbocycles. The summed E-state index contributed by atoms with van der Waals surface area (Å²) in [6, 6.07) is 6.17. The maximum atomic E-state index is 12.8. The van der Waals surface area contributed by atoms with Gasteiger partial charge in [0, 0.05) is 0 Å². The maximum Gasteiger partial charge on any atom is 0.335 e. The summed E-state index contributed by atoms with van der Waals surface area (Å²) in [7, 11) is 0. The molecule has 76 valence electrons. The Morgan fingerprint density at radius 1 is 1.27 bits per heavy atom. The molecule has 0 aliphatic heterocycles. The highest BCUT2D eigenvalue weighted by atomic mass is 19.1. The second-order valence-electron chi connectivity index (χ2n) is 3.11. The van der Waals surface area contributed by atoms with Crippen molar-refractivity contribution in [2.24, 2.45) is 0 Å². The van der Waals surface area contributed by atoms with Gasteiger partial charge in [0.05, 0.1) is 5.56 Å². The van der Waals surface area contributed by atoms with E-state index in [1.165, 1.54) is 18.2 Å². The summed E-state index contributed by atoms with van der Waals surface area (Å²) >= 11 is 0. The summed E-state index contributed by atoms with van der Waals surface area (Å²) in [5, 5.41) is 20.8. The molecular weight excluding hydrogens is 199 g/mol. The molecule has 2 aromatic carbocycles. The lowest BCUT2D eigenvalue weighted by atomic mass is 10.0. The predicted octanol–water partition coefficient (Wildman–Crippen LogP) is 1.75. The molecule has 0 amide bonds. The van der Waals surface area contributed by atoms with Gasteiger partial charge in [-0.25, -0.2) is 9.18 Å². The van der Waals surface area contributed by atoms with E-state index in [9.17, 15) is 14.3 Å². The molecule has 0 unspecified atom stereocenters. The first-order valence-corrected chi connectivity index (χ1v) is 4.22. The quantitative estimate of drug-likeness (QED) is 0.771. The number of halogens is 1. The van der Waals surface area contributed by atoms with Gasteiger partial charge in [0.1, 0.15) is 5.82 Å². The van der Waals surface area contributed by atoms with E-state index in [4.69, 9.17) is 5.11 Å². The first-order chi connectivity index (χ1) is 7.09. The average molecular weight is 205 g/mol. The third-order valence-electron chi connectivity index (χ3n) is 2.16. The van der Waals surface area contributed by atoms with Crippen molar-refractivity contribution in [3.63, 3.8) is 0 Å². The molecule has 0 spiro atoms. The number of aromatic carboxylic acids is 1. The SMILES string of the molecule is O=C(O)c1c([O-])ccc2cc(F)ccc12. The Morgan fingerprint density at radius 2 is 2.00 bits per heavy atom. The zero-order valence-electron chi connectivity index (χ0n) is 7.53. The van der Waals surface area contributed by atoms with Gasteiger partial charge in [-0.05, 0) is 22.9 Å². The van der Waals surface area contributed by atoms with Crippen molar-refractivity contribution in [1.82, 2.24) is 0 Å². The van der Waals surface area contributed by atoms with Crippen molar-refractivity contribution >= 4 is 16.7 Å². The summed E-state index contributed by atoms with van der Waals surface area (Å²) < 4.78 is 12.8. The Morgan fingerprint density at radius 3 is 2.67 bits per heavy atom. The van der Waals surface area contributed by atoms with Crippen LogP contribution in [-0.4, -0.2) is 11.1 Å². The van der Waals surface area contributed by atoms with E-state index in [1.807, 2.05) is 0 Å². The van der Waals surface area contributed by atoms with Crippen LogP contribution in [0.1, 0.15) is 10.4 Å². The Kier molecular flexibility index (Phi) is 2.04. The molecule has 4 heteroatoms. The largest absolute Gasteiger partial charge is 0.872 e. The van der Waals surface area contributed by atoms with Crippen molar-refractivity contribution in [2.75, 3.05) is 0 Å². The normalized spacial score (nSPS) is 10.5. The Hall–Kier alpha value is -2.10. The molecule has 0 aliphatic rings. The van der Waals surface area contributed by atoms with Crippen LogP contribution in [-0.2, 0) is 0 Å². The number of benzene rings is 2. The fourth-order valence-corrected chi connectivity index (χ4v) is 1.50. The summed E-state index contributed by atoms with van der Waals surface area (Å²) in [6.07, 6.45) is 0. The van der Waals surface area contributed by atoms with Crippen LogP contribution in [0.15, 0.2) is 30.3 Å². The summed E-state index contributed by atoms with van der Waals surface area (Å²) in [5.41, 5.74) is -0.312. The van der Waals surface area contributed by atoms with Gasteiger partial charge in [-0.2, -0.15) is 0 Å². The van der Waals surface area contributed by atoms with Crippen LogP contribution >= 0.6 is 0 Å². The van der Waals surface area contributed by atoms with Crippen LogP contribution in [0.3, 0.4) is 0 Å². The average Bonchev–Trinajstić information content (AvgIpc) is 2.17. The van der Waals surface area contributed by atoms with Crippen LogP contribution in [0.5, 0.6) is 5.75 Å². The minimum absolute atomic E-state index is 0.261. The van der Waals surface area contributed by atoms with Gasteiger partial charge in [-0.1, -0.05) is 23.9 Å². The monoisotopic (exact) mass is 205 g/mol. The van der Waals surface area contributed by atoms with Gasteiger partial charge in [0.15, 0.2) is 0 Å². The lowest BCUT2D eigenvalue weighted by molar-refractivity contribution is -0.268. The van der Waals surface area contributed by atoms with Crippen molar-refractivity contribution in [2.45, 2.75) is 0 Å². The predicted molar refractivity (Wildman–Crippen MR) is 50.3 cm³/mol. The van der Waals surface area contributed by atoms with Crippen LogP contribution in [0.25, 0.3) is 10.8 Å². The molecule has 0 heterocycles. The number of hydrogen-bond acceptors (Lipinski definition) is 2. The number of carbonyl (C=O) groups is 1. The van der Waals surface area contributed by atoms with Crippen molar-refractivity contribution < 1.29 is 19.4 Å². The van der Waals surface area contributed by atoms with E-state index >= 15 is 0 Å². The van der Waals surface area contributed by atoms with E-state index in [0.717, 1.165) is 12.1 Å². The number of carboxylic acid groups (broad SMARTS) is 1. The highest BCUT2D eigenvalue weighted by molar-refractivity contribution is 6.05. The smallest absolute Gasteiger partial charge is 0.335 e. The minimum atomic E-state index is -1.29. The van der Waals surface area contributed by atoms with Gasteiger partial charge in [0.2, 0.25) is 0 Å². The molecule has 2 rings (SSSR count). The molecule has 0 saturated heterocycles. The Bertz CT molecular complexity index is 549. The lowest BCUT2D eigenvalue weighted by Gasteiger charge is -2.12. The third kappa shape index (κ3) is 1.50. The molecule has 0 saturated carbocycles. The standard InChI is InChI=1S/C11H7FO3/c12-7-2-3-8-6(5-7)1-4-9(13)10(8)11(14)15/h1-5,13H,(H,14,15)/p-1. The van der Waals surface area contributed by atoms with Crippen LogP contribution in [0.4, 0.5) is 4.39 Å². The zero-order valence-corrected chi connectivity index (χ0v) is 7.53. The highest BCUT2D eigenvalue weighted by Crippen LogP contribution is 2.25. The maximum absolute atomic E-state index is 12.8. The van der Waals surface area contributed by atoms with E-state index in [2.05, 4.69) is 0 Å². The van der Waals surface area contributed by atoms with Gasteiger partial charge >= 0.3 is 5.97 Å². The second-order valence-corrected chi connectivity index (χ2v) is 3.11. The van der Waals surface area contributed by atoms with Gasteiger partial charge in [-0.15, -0.1) is 0 Å². The lowest BCUT2D eigenvalue weighted by Crippen LogP contribution is -2.04. The topological polar surface area (TPSA) is 60.4 Å². The highest BCUT2D eigenvalue weighted by Gasteiger charge is 2.09. The van der Waals surface area contributed by atoms with Gasteiger partial charge in [0.25, 0.3) is 0 Å². The van der Waals surface area contributed by atoms with Crippen LogP contribution in [0, 0.1) is 5.82 Å². The first kappa shape index (κ1) is 9.45. The molecule has 0 atom stereocenters. The number of rotatable bonds is 1. The van der Waals surface area contributed by atoms with E-state index in [1.54, 1.807) is 0 Å². The Balaban J connectivity index is 2.88. The van der Waals surface area contributed by atoms with Crippen LogP contribution in [0.2, 0.25) is 0 Å². The molecule has 15 heavy (non-hydrogen) atoms. The molecule has 0 bridgehead atoms. The summed E-state index contributed by atoms with van der Waals surface area (Å²) in [4.78, 5) is 10.8. The first-order valence-electron chi connectivity index (χ1n) is 4.22. The zero-order chi connectivity index (χ0) is 11.0. The van der Waals surface area contributed by atoms with E-state index in [-0.39, 0.29) is 10.9 Å². The van der Waals surface area contributed by atoms with Gasteiger partial charge < -0.3 is 10.2 Å². The number of carboxylic acids is 1. The molecule has 0 radical (unpaired) electrons. The van der Waals surface area contributed by atoms with Crippen molar-refractivity contribution in [1.29, 1.82) is 0 Å². The molecule has 2 aromatic rings. The van der Waals surface area contributed by atoms with Gasteiger partial charge in [-0.3, -0.25) is 0 Å².